The van der Waals surface area contributed by atoms with Crippen LogP contribution in [0.4, 0.5) is 4.39 Å². The monoisotopic (exact) mass is 196 g/mol. The zero-order valence-electron chi connectivity index (χ0n) is 7.31. The minimum atomic E-state index is -1.13. The third-order valence-corrected chi connectivity index (χ3v) is 2.22. The summed E-state index contributed by atoms with van der Waals surface area (Å²) in [6.45, 7) is 0. The van der Waals surface area contributed by atoms with Gasteiger partial charge in [-0.1, -0.05) is 18.2 Å². The Bertz CT molecular complexity index is 364. The first-order valence-corrected chi connectivity index (χ1v) is 4.31. The van der Waals surface area contributed by atoms with Crippen LogP contribution in [-0.4, -0.2) is 17.2 Å². The summed E-state index contributed by atoms with van der Waals surface area (Å²) in [4.78, 5) is 10.9. The molecular formula is C10H9FO3. The fourth-order valence-corrected chi connectivity index (χ4v) is 1.49. The number of hydrogen-bond donors (Lipinski definition) is 1. The topological polar surface area (TPSA) is 46.5 Å². The standard InChI is InChI=1S/C10H9FO3/c11-7-4-2-1-3-6(7)9-5-8(12)10(13)14-9/h1-4,8-9,12H,5H2/t8-,9-/m0/s1. The molecule has 1 aromatic carbocycles. The van der Waals surface area contributed by atoms with Crippen molar-refractivity contribution in [2.24, 2.45) is 0 Å². The quantitative estimate of drug-likeness (QED) is 0.686. The van der Waals surface area contributed by atoms with Crippen LogP contribution in [0.2, 0.25) is 0 Å². The molecule has 0 amide bonds. The number of benzene rings is 1. The first-order chi connectivity index (χ1) is 6.68. The van der Waals surface area contributed by atoms with E-state index in [0.29, 0.717) is 5.56 Å². The van der Waals surface area contributed by atoms with Gasteiger partial charge >= 0.3 is 5.97 Å². The number of esters is 1. The molecule has 1 heterocycles. The lowest BCUT2D eigenvalue weighted by Crippen LogP contribution is -2.11. The van der Waals surface area contributed by atoms with Gasteiger partial charge < -0.3 is 9.84 Å². The lowest BCUT2D eigenvalue weighted by Gasteiger charge is -2.09. The number of aliphatic hydroxyl groups is 1. The van der Waals surface area contributed by atoms with Crippen molar-refractivity contribution in [3.05, 3.63) is 35.6 Å². The zero-order valence-corrected chi connectivity index (χ0v) is 7.31. The van der Waals surface area contributed by atoms with E-state index in [1.54, 1.807) is 18.2 Å². The number of halogens is 1. The summed E-state index contributed by atoms with van der Waals surface area (Å²) in [5, 5.41) is 9.12. The van der Waals surface area contributed by atoms with Gasteiger partial charge in [-0.05, 0) is 6.07 Å². The summed E-state index contributed by atoms with van der Waals surface area (Å²) in [5.41, 5.74) is 0.317. The fraction of sp³-hybridized carbons (Fsp3) is 0.300. The van der Waals surface area contributed by atoms with Gasteiger partial charge in [0.2, 0.25) is 0 Å². The van der Waals surface area contributed by atoms with Crippen LogP contribution in [0, 0.1) is 5.82 Å². The van der Waals surface area contributed by atoms with Gasteiger partial charge in [0.25, 0.3) is 0 Å². The highest BCUT2D eigenvalue weighted by atomic mass is 19.1. The molecule has 0 unspecified atom stereocenters. The average molecular weight is 196 g/mol. The SMILES string of the molecule is O=C1O[C@H](c2ccccc2F)C[C@@H]1O. The second-order valence-corrected chi connectivity index (χ2v) is 3.20. The number of ether oxygens (including phenoxy) is 1. The van der Waals surface area contributed by atoms with Gasteiger partial charge in [-0.2, -0.15) is 0 Å². The molecule has 0 saturated carbocycles. The highest BCUT2D eigenvalue weighted by molar-refractivity contribution is 5.76. The van der Waals surface area contributed by atoms with E-state index >= 15 is 0 Å². The van der Waals surface area contributed by atoms with Gasteiger partial charge in [0.1, 0.15) is 11.9 Å². The number of carbonyl (C=O) groups is 1. The number of cyclic esters (lactones) is 1. The smallest absolute Gasteiger partial charge is 0.335 e. The van der Waals surface area contributed by atoms with Gasteiger partial charge in [-0.25, -0.2) is 9.18 Å². The number of carbonyl (C=O) groups excluding carboxylic acids is 1. The van der Waals surface area contributed by atoms with E-state index in [-0.39, 0.29) is 6.42 Å². The van der Waals surface area contributed by atoms with E-state index in [4.69, 9.17) is 9.84 Å². The Labute approximate surface area is 80.1 Å². The van der Waals surface area contributed by atoms with Crippen molar-refractivity contribution in [1.82, 2.24) is 0 Å². The molecule has 2 atom stereocenters. The Hall–Kier alpha value is -1.42. The van der Waals surface area contributed by atoms with Crippen LogP contribution >= 0.6 is 0 Å². The molecule has 1 aliphatic rings. The molecule has 1 saturated heterocycles. The molecule has 0 bridgehead atoms. The number of hydrogen-bond acceptors (Lipinski definition) is 3. The second-order valence-electron chi connectivity index (χ2n) is 3.20. The summed E-state index contributed by atoms with van der Waals surface area (Å²) in [6.07, 6.45) is -1.65. The molecule has 0 aliphatic carbocycles. The van der Waals surface area contributed by atoms with E-state index in [0.717, 1.165) is 0 Å². The van der Waals surface area contributed by atoms with Gasteiger partial charge in [-0.15, -0.1) is 0 Å². The Morgan fingerprint density at radius 2 is 2.14 bits per heavy atom. The van der Waals surface area contributed by atoms with E-state index in [2.05, 4.69) is 0 Å². The predicted octanol–water partition coefficient (Wildman–Crippen LogP) is 1.17. The van der Waals surface area contributed by atoms with Crippen LogP contribution in [0.1, 0.15) is 18.1 Å². The lowest BCUT2D eigenvalue weighted by molar-refractivity contribution is -0.147. The molecular weight excluding hydrogens is 187 g/mol. The van der Waals surface area contributed by atoms with Crippen molar-refractivity contribution in [1.29, 1.82) is 0 Å². The highest BCUT2D eigenvalue weighted by Crippen LogP contribution is 2.30. The molecule has 0 aromatic heterocycles. The normalized spacial score (nSPS) is 26.3. The summed E-state index contributed by atoms with van der Waals surface area (Å²) >= 11 is 0. The molecule has 1 N–H and O–H groups in total. The summed E-state index contributed by atoms with van der Waals surface area (Å²) in [7, 11) is 0. The molecule has 1 aliphatic heterocycles. The molecule has 14 heavy (non-hydrogen) atoms. The van der Waals surface area contributed by atoms with Gasteiger partial charge in [0.15, 0.2) is 6.10 Å². The zero-order chi connectivity index (χ0) is 10.1. The van der Waals surface area contributed by atoms with Crippen LogP contribution in [0.25, 0.3) is 0 Å². The molecule has 1 fully saturated rings. The highest BCUT2D eigenvalue weighted by Gasteiger charge is 2.34. The van der Waals surface area contributed by atoms with Crippen molar-refractivity contribution in [2.45, 2.75) is 18.6 Å². The van der Waals surface area contributed by atoms with Crippen molar-refractivity contribution >= 4 is 5.97 Å². The Morgan fingerprint density at radius 1 is 1.43 bits per heavy atom. The molecule has 0 spiro atoms. The molecule has 74 valence electrons. The Balaban J connectivity index is 2.25. The van der Waals surface area contributed by atoms with Gasteiger partial charge in [0, 0.05) is 12.0 Å². The maximum Gasteiger partial charge on any atom is 0.335 e. The molecule has 1 aromatic rings. The first-order valence-electron chi connectivity index (χ1n) is 4.31. The molecule has 3 nitrogen and oxygen atoms in total. The second kappa shape index (κ2) is 3.38. The molecule has 0 radical (unpaired) electrons. The molecule has 4 heteroatoms. The van der Waals surface area contributed by atoms with Crippen molar-refractivity contribution in [3.8, 4) is 0 Å². The van der Waals surface area contributed by atoms with Crippen LogP contribution < -0.4 is 0 Å². The largest absolute Gasteiger partial charge is 0.455 e. The Kier molecular flexibility index (Phi) is 2.21. The number of rotatable bonds is 1. The number of aliphatic hydroxyl groups excluding tert-OH is 1. The fourth-order valence-electron chi connectivity index (χ4n) is 1.49. The third kappa shape index (κ3) is 1.48. The van der Waals surface area contributed by atoms with Crippen molar-refractivity contribution in [3.63, 3.8) is 0 Å². The van der Waals surface area contributed by atoms with E-state index < -0.39 is 24.0 Å². The summed E-state index contributed by atoms with van der Waals surface area (Å²) in [6, 6.07) is 6.07. The molecule has 2 rings (SSSR count). The van der Waals surface area contributed by atoms with Crippen molar-refractivity contribution in [2.75, 3.05) is 0 Å². The van der Waals surface area contributed by atoms with Crippen molar-refractivity contribution < 1.29 is 19.0 Å². The minimum absolute atomic E-state index is 0.125. The van der Waals surface area contributed by atoms with Crippen LogP contribution in [-0.2, 0) is 9.53 Å². The van der Waals surface area contributed by atoms with E-state index in [9.17, 15) is 9.18 Å². The summed E-state index contributed by atoms with van der Waals surface area (Å²) in [5.74, 6) is -1.10. The first kappa shape index (κ1) is 9.15. The van der Waals surface area contributed by atoms with Gasteiger partial charge in [-0.3, -0.25) is 0 Å². The van der Waals surface area contributed by atoms with E-state index in [1.165, 1.54) is 6.07 Å². The average Bonchev–Trinajstić information content (AvgIpc) is 2.48. The van der Waals surface area contributed by atoms with Crippen LogP contribution in [0.5, 0.6) is 0 Å². The minimum Gasteiger partial charge on any atom is -0.455 e. The van der Waals surface area contributed by atoms with Crippen LogP contribution in [0.15, 0.2) is 24.3 Å². The summed E-state index contributed by atoms with van der Waals surface area (Å²) < 4.78 is 18.0. The third-order valence-electron chi connectivity index (χ3n) is 2.22. The predicted molar refractivity (Wildman–Crippen MR) is 45.9 cm³/mol. The maximum atomic E-state index is 13.2. The van der Waals surface area contributed by atoms with E-state index in [1.807, 2.05) is 0 Å². The lowest BCUT2D eigenvalue weighted by atomic mass is 10.1. The maximum absolute atomic E-state index is 13.2. The Morgan fingerprint density at radius 3 is 2.71 bits per heavy atom. The van der Waals surface area contributed by atoms with Gasteiger partial charge in [0.05, 0.1) is 0 Å². The van der Waals surface area contributed by atoms with Crippen LogP contribution in [0.3, 0.4) is 0 Å².